The highest BCUT2D eigenvalue weighted by atomic mass is 79.9. The van der Waals surface area contributed by atoms with Crippen molar-refractivity contribution in [3.63, 3.8) is 0 Å². The first-order valence-corrected chi connectivity index (χ1v) is 8.83. The summed E-state index contributed by atoms with van der Waals surface area (Å²) in [6, 6.07) is 2.63. The Balaban J connectivity index is 3.11. The van der Waals surface area contributed by atoms with Crippen LogP contribution in [0.15, 0.2) is 21.5 Å². The van der Waals surface area contributed by atoms with Gasteiger partial charge in [-0.05, 0) is 31.5 Å². The van der Waals surface area contributed by atoms with Gasteiger partial charge in [0.1, 0.15) is 0 Å². The van der Waals surface area contributed by atoms with Gasteiger partial charge >= 0.3 is 0 Å². The number of amides is 1. The number of carbonyl (C=O) groups is 1. The van der Waals surface area contributed by atoms with E-state index in [1.54, 1.807) is 14.0 Å². The zero-order valence-corrected chi connectivity index (χ0v) is 14.4. The van der Waals surface area contributed by atoms with Crippen LogP contribution in [0, 0.1) is 6.92 Å². The molecule has 1 rings (SSSR count). The van der Waals surface area contributed by atoms with E-state index in [9.17, 15) is 13.2 Å². The maximum atomic E-state index is 12.1. The van der Waals surface area contributed by atoms with E-state index in [2.05, 4.69) is 21.2 Å². The van der Waals surface area contributed by atoms with E-state index in [0.29, 0.717) is 16.6 Å². The standard InChI is InChI=1S/C12H15BrClNO4S/c1-7(19-3)6-15-12(16)10-4-9(20(14,17)18)5-11(13)8(10)2/h4-5,7H,6H2,1-3H3,(H,15,16). The number of nitrogens with one attached hydrogen (secondary N) is 1. The van der Waals surface area contributed by atoms with E-state index in [1.807, 2.05) is 6.92 Å². The summed E-state index contributed by atoms with van der Waals surface area (Å²) in [5, 5.41) is 2.67. The average Bonchev–Trinajstić information content (AvgIpc) is 2.37. The van der Waals surface area contributed by atoms with Crippen LogP contribution >= 0.6 is 26.6 Å². The second kappa shape index (κ2) is 6.89. The van der Waals surface area contributed by atoms with E-state index in [4.69, 9.17) is 15.4 Å². The molecule has 1 aromatic rings. The molecule has 0 saturated heterocycles. The fraction of sp³-hybridized carbons (Fsp3) is 0.417. The number of ether oxygens (including phenoxy) is 1. The van der Waals surface area contributed by atoms with Crippen LogP contribution in [-0.4, -0.2) is 34.1 Å². The number of halogens is 2. The summed E-state index contributed by atoms with van der Waals surface area (Å²) >= 11 is 3.22. The van der Waals surface area contributed by atoms with Crippen LogP contribution in [-0.2, 0) is 13.8 Å². The molecule has 0 aliphatic carbocycles. The molecule has 0 fully saturated rings. The molecule has 8 heteroatoms. The van der Waals surface area contributed by atoms with E-state index in [-0.39, 0.29) is 22.5 Å². The zero-order valence-electron chi connectivity index (χ0n) is 11.2. The lowest BCUT2D eigenvalue weighted by Gasteiger charge is -2.13. The first kappa shape index (κ1) is 17.4. The maximum absolute atomic E-state index is 12.1. The molecular formula is C12H15BrClNO4S. The van der Waals surface area contributed by atoms with E-state index in [0.717, 1.165) is 0 Å². The van der Waals surface area contributed by atoms with Crippen molar-refractivity contribution in [1.29, 1.82) is 0 Å². The van der Waals surface area contributed by atoms with Crippen LogP contribution in [0.5, 0.6) is 0 Å². The molecule has 1 atom stereocenters. The average molecular weight is 385 g/mol. The number of benzene rings is 1. The first-order chi connectivity index (χ1) is 9.16. The van der Waals surface area contributed by atoms with Crippen molar-refractivity contribution in [3.05, 3.63) is 27.7 Å². The molecular weight excluding hydrogens is 370 g/mol. The number of hydrogen-bond donors (Lipinski definition) is 1. The smallest absolute Gasteiger partial charge is 0.261 e. The Kier molecular flexibility index (Phi) is 6.00. The molecule has 0 radical (unpaired) electrons. The van der Waals surface area contributed by atoms with Gasteiger partial charge in [0.25, 0.3) is 15.0 Å². The minimum atomic E-state index is -3.90. The summed E-state index contributed by atoms with van der Waals surface area (Å²) in [4.78, 5) is 12.0. The summed E-state index contributed by atoms with van der Waals surface area (Å²) in [6.45, 7) is 3.84. The third-order valence-electron chi connectivity index (χ3n) is 2.80. The Bertz CT molecular complexity index is 618. The zero-order chi connectivity index (χ0) is 15.5. The molecule has 1 aromatic carbocycles. The lowest BCUT2D eigenvalue weighted by Crippen LogP contribution is -2.32. The van der Waals surface area contributed by atoms with Crippen molar-refractivity contribution in [3.8, 4) is 0 Å². The van der Waals surface area contributed by atoms with Gasteiger partial charge in [0.15, 0.2) is 0 Å². The third-order valence-corrected chi connectivity index (χ3v) is 4.95. The normalized spacial score (nSPS) is 13.1. The molecule has 1 unspecified atom stereocenters. The highest BCUT2D eigenvalue weighted by molar-refractivity contribution is 9.10. The Hall–Kier alpha value is -0.630. The summed E-state index contributed by atoms with van der Waals surface area (Å²) in [5.74, 6) is -0.380. The summed E-state index contributed by atoms with van der Waals surface area (Å²) in [5.41, 5.74) is 0.888. The van der Waals surface area contributed by atoms with E-state index >= 15 is 0 Å². The van der Waals surface area contributed by atoms with Crippen LogP contribution in [0.3, 0.4) is 0 Å². The predicted octanol–water partition coefficient (Wildman–Crippen LogP) is 2.45. The van der Waals surface area contributed by atoms with Crippen molar-refractivity contribution in [2.45, 2.75) is 24.8 Å². The number of methoxy groups -OCH3 is 1. The van der Waals surface area contributed by atoms with Gasteiger partial charge in [-0.3, -0.25) is 4.79 Å². The van der Waals surface area contributed by atoms with Crippen LogP contribution in [0.1, 0.15) is 22.8 Å². The maximum Gasteiger partial charge on any atom is 0.261 e. The fourth-order valence-electron chi connectivity index (χ4n) is 1.45. The highest BCUT2D eigenvalue weighted by Crippen LogP contribution is 2.26. The summed E-state index contributed by atoms with van der Waals surface area (Å²) in [7, 11) is 2.95. The van der Waals surface area contributed by atoms with Gasteiger partial charge in [-0.2, -0.15) is 0 Å². The van der Waals surface area contributed by atoms with Crippen molar-refractivity contribution in [1.82, 2.24) is 5.32 Å². The predicted molar refractivity (Wildman–Crippen MR) is 80.7 cm³/mol. The molecule has 20 heavy (non-hydrogen) atoms. The lowest BCUT2D eigenvalue weighted by atomic mass is 10.1. The van der Waals surface area contributed by atoms with Crippen molar-refractivity contribution >= 4 is 41.6 Å². The molecule has 0 bridgehead atoms. The molecule has 1 N–H and O–H groups in total. The molecule has 0 heterocycles. The number of carbonyl (C=O) groups excluding carboxylic acids is 1. The van der Waals surface area contributed by atoms with Crippen molar-refractivity contribution in [2.24, 2.45) is 0 Å². The quantitative estimate of drug-likeness (QED) is 0.792. The Morgan fingerprint density at radius 1 is 1.50 bits per heavy atom. The number of hydrogen-bond acceptors (Lipinski definition) is 4. The largest absolute Gasteiger partial charge is 0.380 e. The minimum Gasteiger partial charge on any atom is -0.380 e. The summed E-state index contributed by atoms with van der Waals surface area (Å²) in [6.07, 6.45) is -0.136. The van der Waals surface area contributed by atoms with Crippen LogP contribution in [0.2, 0.25) is 0 Å². The second-order valence-corrected chi connectivity index (χ2v) is 7.69. The molecule has 5 nitrogen and oxygen atoms in total. The molecule has 0 aliphatic heterocycles. The minimum absolute atomic E-state index is 0.124. The lowest BCUT2D eigenvalue weighted by molar-refractivity contribution is 0.0869. The third kappa shape index (κ3) is 4.44. The van der Waals surface area contributed by atoms with Gasteiger partial charge in [-0.25, -0.2) is 8.42 Å². The van der Waals surface area contributed by atoms with Crippen LogP contribution in [0.4, 0.5) is 0 Å². The topological polar surface area (TPSA) is 72.5 Å². The van der Waals surface area contributed by atoms with Crippen LogP contribution < -0.4 is 5.32 Å². The molecule has 0 aromatic heterocycles. The van der Waals surface area contributed by atoms with E-state index in [1.165, 1.54) is 12.1 Å². The fourth-order valence-corrected chi connectivity index (χ4v) is 2.84. The van der Waals surface area contributed by atoms with Gasteiger partial charge < -0.3 is 10.1 Å². The molecule has 0 saturated carbocycles. The van der Waals surface area contributed by atoms with Gasteiger partial charge in [0.2, 0.25) is 0 Å². The number of rotatable bonds is 5. The molecule has 1 amide bonds. The van der Waals surface area contributed by atoms with Crippen LogP contribution in [0.25, 0.3) is 0 Å². The Labute approximate surface area is 131 Å². The van der Waals surface area contributed by atoms with Crippen molar-refractivity contribution < 1.29 is 17.9 Å². The second-order valence-electron chi connectivity index (χ2n) is 4.27. The molecule has 0 aliphatic rings. The van der Waals surface area contributed by atoms with Gasteiger partial charge in [0.05, 0.1) is 11.0 Å². The van der Waals surface area contributed by atoms with Crippen molar-refractivity contribution in [2.75, 3.05) is 13.7 Å². The monoisotopic (exact) mass is 383 g/mol. The van der Waals surface area contributed by atoms with Gasteiger partial charge in [-0.15, -0.1) is 0 Å². The first-order valence-electron chi connectivity index (χ1n) is 5.72. The summed E-state index contributed by atoms with van der Waals surface area (Å²) < 4.78 is 28.3. The SMILES string of the molecule is COC(C)CNC(=O)c1cc(S(=O)(=O)Cl)cc(Br)c1C. The Morgan fingerprint density at radius 2 is 2.10 bits per heavy atom. The molecule has 0 spiro atoms. The van der Waals surface area contributed by atoms with Gasteiger partial charge in [0, 0.05) is 34.4 Å². The van der Waals surface area contributed by atoms with E-state index < -0.39 is 9.05 Å². The Morgan fingerprint density at radius 3 is 2.60 bits per heavy atom. The van der Waals surface area contributed by atoms with Gasteiger partial charge in [-0.1, -0.05) is 15.9 Å². The highest BCUT2D eigenvalue weighted by Gasteiger charge is 2.18. The molecule has 112 valence electrons.